The highest BCUT2D eigenvalue weighted by Gasteiger charge is 2.13. The van der Waals surface area contributed by atoms with Gasteiger partial charge in [0.2, 0.25) is 0 Å². The first kappa shape index (κ1) is 20.8. The summed E-state index contributed by atoms with van der Waals surface area (Å²) in [5.74, 6) is 2.26. The lowest BCUT2D eigenvalue weighted by Crippen LogP contribution is -2.05. The molecule has 0 spiro atoms. The van der Waals surface area contributed by atoms with Gasteiger partial charge < -0.3 is 14.2 Å². The molecule has 0 atom stereocenters. The zero-order valence-electron chi connectivity index (χ0n) is 16.8. The first-order chi connectivity index (χ1) is 13.1. The molecule has 0 unspecified atom stereocenters. The van der Waals surface area contributed by atoms with Crippen molar-refractivity contribution in [1.29, 1.82) is 0 Å². The zero-order valence-corrected chi connectivity index (χ0v) is 16.8. The first-order valence-corrected chi connectivity index (χ1v) is 9.79. The third kappa shape index (κ3) is 6.02. The molecular weight excluding hydrogens is 340 g/mol. The molecule has 0 fully saturated rings. The van der Waals surface area contributed by atoms with E-state index in [0.717, 1.165) is 17.7 Å². The topological polar surface area (TPSA) is 44.8 Å². The SMILES string of the molecule is CCOc1cc(OCC)cc(C(=O)CCc2cc(CC)ccc2OCC)c1. The Balaban J connectivity index is 2.17. The predicted molar refractivity (Wildman–Crippen MR) is 108 cm³/mol. The van der Waals surface area contributed by atoms with E-state index in [-0.39, 0.29) is 5.78 Å². The Labute approximate surface area is 162 Å². The fourth-order valence-corrected chi connectivity index (χ4v) is 2.97. The number of ether oxygens (including phenoxy) is 3. The Hall–Kier alpha value is -2.49. The van der Waals surface area contributed by atoms with Crippen molar-refractivity contribution in [3.63, 3.8) is 0 Å². The van der Waals surface area contributed by atoms with Crippen LogP contribution in [0.4, 0.5) is 0 Å². The number of hydrogen-bond acceptors (Lipinski definition) is 4. The summed E-state index contributed by atoms with van der Waals surface area (Å²) >= 11 is 0. The second kappa shape index (κ2) is 10.6. The van der Waals surface area contributed by atoms with Gasteiger partial charge >= 0.3 is 0 Å². The average molecular weight is 370 g/mol. The van der Waals surface area contributed by atoms with E-state index in [4.69, 9.17) is 14.2 Å². The van der Waals surface area contributed by atoms with Gasteiger partial charge in [0.25, 0.3) is 0 Å². The van der Waals surface area contributed by atoms with Crippen molar-refractivity contribution in [2.45, 2.75) is 47.0 Å². The van der Waals surface area contributed by atoms with Gasteiger partial charge in [0.05, 0.1) is 19.8 Å². The maximum Gasteiger partial charge on any atom is 0.163 e. The third-order valence-electron chi connectivity index (χ3n) is 4.28. The average Bonchev–Trinajstić information content (AvgIpc) is 2.67. The molecule has 2 rings (SSSR count). The van der Waals surface area contributed by atoms with Crippen molar-refractivity contribution < 1.29 is 19.0 Å². The van der Waals surface area contributed by atoms with E-state index in [1.54, 1.807) is 12.1 Å². The van der Waals surface area contributed by atoms with Gasteiger partial charge in [-0.3, -0.25) is 4.79 Å². The van der Waals surface area contributed by atoms with Crippen molar-refractivity contribution >= 4 is 5.78 Å². The molecule has 0 aliphatic heterocycles. The van der Waals surface area contributed by atoms with Crippen molar-refractivity contribution in [3.05, 3.63) is 53.1 Å². The first-order valence-electron chi connectivity index (χ1n) is 9.79. The largest absolute Gasteiger partial charge is 0.494 e. The monoisotopic (exact) mass is 370 g/mol. The van der Waals surface area contributed by atoms with Crippen LogP contribution in [-0.4, -0.2) is 25.6 Å². The van der Waals surface area contributed by atoms with E-state index < -0.39 is 0 Å². The van der Waals surface area contributed by atoms with E-state index in [1.165, 1.54) is 5.56 Å². The molecule has 4 nitrogen and oxygen atoms in total. The molecule has 0 aliphatic rings. The number of Topliss-reactive ketones (excluding diaryl/α,β-unsaturated/α-hetero) is 1. The smallest absolute Gasteiger partial charge is 0.163 e. The van der Waals surface area contributed by atoms with Gasteiger partial charge in [-0.1, -0.05) is 19.1 Å². The van der Waals surface area contributed by atoms with Gasteiger partial charge in [0.15, 0.2) is 5.78 Å². The van der Waals surface area contributed by atoms with Crippen LogP contribution in [0.15, 0.2) is 36.4 Å². The molecule has 4 heteroatoms. The van der Waals surface area contributed by atoms with E-state index in [1.807, 2.05) is 32.9 Å². The Morgan fingerprint density at radius 3 is 2.00 bits per heavy atom. The standard InChI is InChI=1S/C23H30O4/c1-5-17-9-12-23(27-8-4)18(13-17)10-11-22(24)19-14-20(25-6-2)16-21(15-19)26-7-3/h9,12-16H,5-8,10-11H2,1-4H3. The second-order valence-electron chi connectivity index (χ2n) is 6.21. The summed E-state index contributed by atoms with van der Waals surface area (Å²) in [5, 5.41) is 0. The summed E-state index contributed by atoms with van der Waals surface area (Å²) in [6, 6.07) is 11.6. The summed E-state index contributed by atoms with van der Waals surface area (Å²) in [5.41, 5.74) is 2.95. The molecule has 0 radical (unpaired) electrons. The van der Waals surface area contributed by atoms with Gasteiger partial charge in [-0.2, -0.15) is 0 Å². The Morgan fingerprint density at radius 1 is 0.815 bits per heavy atom. The maximum atomic E-state index is 12.8. The predicted octanol–water partition coefficient (Wildman–Crippen LogP) is 5.26. The summed E-state index contributed by atoms with van der Waals surface area (Å²) in [4.78, 5) is 12.8. The number of aryl methyl sites for hydroxylation is 2. The van der Waals surface area contributed by atoms with Crippen molar-refractivity contribution in [2.75, 3.05) is 19.8 Å². The van der Waals surface area contributed by atoms with Crippen LogP contribution in [0.3, 0.4) is 0 Å². The van der Waals surface area contributed by atoms with E-state index >= 15 is 0 Å². The lowest BCUT2D eigenvalue weighted by molar-refractivity contribution is 0.0981. The number of hydrogen-bond donors (Lipinski definition) is 0. The van der Waals surface area contributed by atoms with Crippen molar-refractivity contribution in [1.82, 2.24) is 0 Å². The normalized spacial score (nSPS) is 10.5. The molecule has 0 saturated carbocycles. The molecule has 0 heterocycles. The van der Waals surface area contributed by atoms with E-state index in [9.17, 15) is 4.79 Å². The fraction of sp³-hybridized carbons (Fsp3) is 0.435. The van der Waals surface area contributed by atoms with Crippen LogP contribution in [0.5, 0.6) is 17.2 Å². The number of rotatable bonds is 11. The number of ketones is 1. The molecular formula is C23H30O4. The van der Waals surface area contributed by atoms with Crippen LogP contribution in [-0.2, 0) is 12.8 Å². The quantitative estimate of drug-likeness (QED) is 0.506. The molecule has 0 bridgehead atoms. The molecule has 0 N–H and O–H groups in total. The zero-order chi connectivity index (χ0) is 19.6. The summed E-state index contributed by atoms with van der Waals surface area (Å²) < 4.78 is 16.9. The minimum absolute atomic E-state index is 0.0712. The summed E-state index contributed by atoms with van der Waals surface area (Å²) in [6.45, 7) is 9.64. The van der Waals surface area contributed by atoms with E-state index in [2.05, 4.69) is 19.1 Å². The highest BCUT2D eigenvalue weighted by Crippen LogP contribution is 2.26. The van der Waals surface area contributed by atoms with Gasteiger partial charge in [-0.05, 0) is 62.9 Å². The lowest BCUT2D eigenvalue weighted by atomic mass is 9.99. The minimum atomic E-state index is 0.0712. The Morgan fingerprint density at radius 2 is 1.44 bits per heavy atom. The van der Waals surface area contributed by atoms with Crippen molar-refractivity contribution in [3.8, 4) is 17.2 Å². The summed E-state index contributed by atoms with van der Waals surface area (Å²) in [6.07, 6.45) is 2.01. The van der Waals surface area contributed by atoms with Gasteiger partial charge in [-0.15, -0.1) is 0 Å². The highest BCUT2D eigenvalue weighted by atomic mass is 16.5. The maximum absolute atomic E-state index is 12.8. The number of benzene rings is 2. The molecule has 0 saturated heterocycles. The molecule has 146 valence electrons. The second-order valence-corrected chi connectivity index (χ2v) is 6.21. The van der Waals surface area contributed by atoms with Crippen LogP contribution in [0.1, 0.15) is 55.6 Å². The molecule has 27 heavy (non-hydrogen) atoms. The van der Waals surface area contributed by atoms with Gasteiger partial charge in [0, 0.05) is 18.1 Å². The van der Waals surface area contributed by atoms with Crippen molar-refractivity contribution in [2.24, 2.45) is 0 Å². The summed E-state index contributed by atoms with van der Waals surface area (Å²) in [7, 11) is 0. The van der Waals surface area contributed by atoms with Crippen LogP contribution in [0.25, 0.3) is 0 Å². The van der Waals surface area contributed by atoms with Gasteiger partial charge in [0.1, 0.15) is 17.2 Å². The van der Waals surface area contributed by atoms with Crippen LogP contribution in [0.2, 0.25) is 0 Å². The highest BCUT2D eigenvalue weighted by molar-refractivity contribution is 5.97. The van der Waals surface area contributed by atoms with Crippen LogP contribution in [0, 0.1) is 0 Å². The molecule has 0 amide bonds. The van der Waals surface area contributed by atoms with E-state index in [0.29, 0.717) is 49.7 Å². The van der Waals surface area contributed by atoms with Crippen LogP contribution < -0.4 is 14.2 Å². The lowest BCUT2D eigenvalue weighted by Gasteiger charge is -2.13. The fourth-order valence-electron chi connectivity index (χ4n) is 2.97. The van der Waals surface area contributed by atoms with Crippen LogP contribution >= 0.6 is 0 Å². The minimum Gasteiger partial charge on any atom is -0.494 e. The molecule has 0 aliphatic carbocycles. The number of carbonyl (C=O) groups excluding carboxylic acids is 1. The van der Waals surface area contributed by atoms with Gasteiger partial charge in [-0.25, -0.2) is 0 Å². The Kier molecular flexibility index (Phi) is 8.18. The Bertz CT molecular complexity index is 728. The molecule has 2 aromatic carbocycles. The molecule has 0 aromatic heterocycles. The third-order valence-corrected chi connectivity index (χ3v) is 4.28. The molecule has 2 aromatic rings. The number of carbonyl (C=O) groups is 1.